The summed E-state index contributed by atoms with van der Waals surface area (Å²) >= 11 is 0. The van der Waals surface area contributed by atoms with E-state index in [1.54, 1.807) is 25.5 Å². The van der Waals surface area contributed by atoms with Crippen LogP contribution in [-0.4, -0.2) is 42.4 Å². The van der Waals surface area contributed by atoms with E-state index in [9.17, 15) is 4.79 Å². The van der Waals surface area contributed by atoms with E-state index in [1.807, 2.05) is 24.8 Å². The van der Waals surface area contributed by atoms with Gasteiger partial charge in [0, 0.05) is 25.1 Å². The van der Waals surface area contributed by atoms with E-state index in [-0.39, 0.29) is 11.9 Å². The summed E-state index contributed by atoms with van der Waals surface area (Å²) in [5.74, 6) is 1.82. The molecule has 8 nitrogen and oxygen atoms in total. The molecule has 8 heteroatoms. The number of carbonyl (C=O) groups is 1. The Balaban J connectivity index is 1.65. The first kappa shape index (κ1) is 17.3. The highest BCUT2D eigenvalue weighted by molar-refractivity contribution is 5.94. The van der Waals surface area contributed by atoms with Gasteiger partial charge in [0.2, 0.25) is 0 Å². The number of amides is 1. The summed E-state index contributed by atoms with van der Waals surface area (Å²) in [5, 5.41) is 3.98. The lowest BCUT2D eigenvalue weighted by molar-refractivity contribution is 0.0732. The minimum Gasteiger partial charge on any atom is -0.361 e. The maximum Gasteiger partial charge on any atom is 0.257 e. The number of likely N-dealkylation sites (tertiary alicyclic amines) is 1. The molecule has 1 atom stereocenters. The molecule has 4 heterocycles. The minimum atomic E-state index is -0.0963. The van der Waals surface area contributed by atoms with E-state index in [2.05, 4.69) is 20.1 Å². The van der Waals surface area contributed by atoms with Crippen molar-refractivity contribution in [2.45, 2.75) is 39.7 Å². The highest BCUT2D eigenvalue weighted by Gasteiger charge is 2.32. The van der Waals surface area contributed by atoms with E-state index in [0.29, 0.717) is 29.5 Å². The molecule has 1 amide bonds. The first-order chi connectivity index (χ1) is 13.0. The van der Waals surface area contributed by atoms with Gasteiger partial charge < -0.3 is 9.42 Å². The predicted octanol–water partition coefficient (Wildman–Crippen LogP) is 2.82. The molecule has 1 fully saturated rings. The van der Waals surface area contributed by atoms with E-state index >= 15 is 0 Å². The van der Waals surface area contributed by atoms with E-state index in [4.69, 9.17) is 9.51 Å². The Morgan fingerprint density at radius 3 is 2.67 bits per heavy atom. The van der Waals surface area contributed by atoms with Crippen molar-refractivity contribution in [3.63, 3.8) is 0 Å². The van der Waals surface area contributed by atoms with Crippen molar-refractivity contribution in [1.82, 2.24) is 30.0 Å². The average Bonchev–Trinajstić information content (AvgIpc) is 3.29. The normalized spacial score (nSPS) is 16.7. The molecule has 0 N–H and O–H groups in total. The topological polar surface area (TPSA) is 97.9 Å². The quantitative estimate of drug-likeness (QED) is 0.705. The average molecular weight is 364 g/mol. The molecule has 0 aliphatic carbocycles. The van der Waals surface area contributed by atoms with E-state index in [1.165, 1.54) is 0 Å². The van der Waals surface area contributed by atoms with Gasteiger partial charge in [-0.05, 0) is 39.7 Å². The zero-order valence-corrected chi connectivity index (χ0v) is 15.5. The summed E-state index contributed by atoms with van der Waals surface area (Å²) in [5.41, 5.74) is 2.87. The summed E-state index contributed by atoms with van der Waals surface area (Å²) < 4.78 is 5.23. The Morgan fingerprint density at radius 2 is 1.96 bits per heavy atom. The number of hydrogen-bond donors (Lipinski definition) is 0. The van der Waals surface area contributed by atoms with Crippen LogP contribution in [0.3, 0.4) is 0 Å². The van der Waals surface area contributed by atoms with Gasteiger partial charge in [0.15, 0.2) is 5.82 Å². The van der Waals surface area contributed by atoms with Crippen molar-refractivity contribution in [3.8, 4) is 11.4 Å². The smallest absolute Gasteiger partial charge is 0.257 e. The number of aryl methyl sites for hydroxylation is 3. The van der Waals surface area contributed by atoms with Crippen LogP contribution in [0.1, 0.15) is 52.2 Å². The second kappa shape index (κ2) is 6.86. The Hall–Kier alpha value is -3.16. The van der Waals surface area contributed by atoms with E-state index < -0.39 is 0 Å². The molecule has 27 heavy (non-hydrogen) atoms. The Kier molecular flexibility index (Phi) is 4.39. The zero-order chi connectivity index (χ0) is 19.0. The largest absolute Gasteiger partial charge is 0.361 e. The monoisotopic (exact) mass is 364 g/mol. The SMILES string of the molecule is Cc1ncc(C(=O)N2CCCC2c2ccnc(-c3c(C)noc3C)n2)cn1. The second-order valence-electron chi connectivity index (χ2n) is 6.68. The van der Waals surface area contributed by atoms with Gasteiger partial charge in [-0.2, -0.15) is 0 Å². The Bertz CT molecular complexity index is 963. The molecular formula is C19H20N6O2. The molecule has 3 aromatic rings. The van der Waals surface area contributed by atoms with Crippen molar-refractivity contribution in [2.24, 2.45) is 0 Å². The van der Waals surface area contributed by atoms with Crippen molar-refractivity contribution < 1.29 is 9.32 Å². The molecule has 1 aliphatic rings. The molecule has 1 aliphatic heterocycles. The second-order valence-corrected chi connectivity index (χ2v) is 6.68. The molecule has 1 saturated heterocycles. The number of carbonyl (C=O) groups excluding carboxylic acids is 1. The number of aromatic nitrogens is 5. The fourth-order valence-corrected chi connectivity index (χ4v) is 3.47. The molecular weight excluding hydrogens is 344 g/mol. The summed E-state index contributed by atoms with van der Waals surface area (Å²) in [4.78, 5) is 32.2. The van der Waals surface area contributed by atoms with Crippen LogP contribution in [0.5, 0.6) is 0 Å². The first-order valence-corrected chi connectivity index (χ1v) is 8.90. The highest BCUT2D eigenvalue weighted by Crippen LogP contribution is 2.33. The van der Waals surface area contributed by atoms with Crippen molar-refractivity contribution in [1.29, 1.82) is 0 Å². The standard InChI is InChI=1S/C19H20N6O2/c1-11-17(12(2)27-24-11)18-20-7-6-15(23-18)16-5-4-8-25(16)19(26)14-9-21-13(3)22-10-14/h6-7,9-10,16H,4-5,8H2,1-3H3. The number of hydrogen-bond acceptors (Lipinski definition) is 7. The van der Waals surface area contributed by atoms with Crippen LogP contribution in [0.25, 0.3) is 11.4 Å². The maximum absolute atomic E-state index is 12.9. The molecule has 0 radical (unpaired) electrons. The highest BCUT2D eigenvalue weighted by atomic mass is 16.5. The van der Waals surface area contributed by atoms with Gasteiger partial charge in [-0.3, -0.25) is 4.79 Å². The van der Waals surface area contributed by atoms with Crippen molar-refractivity contribution in [3.05, 3.63) is 53.2 Å². The number of rotatable bonds is 3. The van der Waals surface area contributed by atoms with E-state index in [0.717, 1.165) is 29.8 Å². The molecule has 138 valence electrons. The van der Waals surface area contributed by atoms with Crippen molar-refractivity contribution in [2.75, 3.05) is 6.54 Å². The Labute approximate surface area is 156 Å². The zero-order valence-electron chi connectivity index (χ0n) is 15.5. The minimum absolute atomic E-state index is 0.0741. The van der Waals surface area contributed by atoms with Gasteiger partial charge in [0.25, 0.3) is 5.91 Å². The number of nitrogens with zero attached hydrogens (tertiary/aromatic N) is 6. The fraction of sp³-hybridized carbons (Fsp3) is 0.368. The van der Waals surface area contributed by atoms with Gasteiger partial charge in [0.1, 0.15) is 11.6 Å². The van der Waals surface area contributed by atoms with Gasteiger partial charge in [-0.25, -0.2) is 19.9 Å². The summed E-state index contributed by atoms with van der Waals surface area (Å²) in [7, 11) is 0. The lowest BCUT2D eigenvalue weighted by atomic mass is 10.1. The van der Waals surface area contributed by atoms with Gasteiger partial charge >= 0.3 is 0 Å². The lowest BCUT2D eigenvalue weighted by Gasteiger charge is -2.24. The predicted molar refractivity (Wildman–Crippen MR) is 96.8 cm³/mol. The van der Waals surface area contributed by atoms with Crippen LogP contribution in [0.2, 0.25) is 0 Å². The molecule has 1 unspecified atom stereocenters. The third-order valence-electron chi connectivity index (χ3n) is 4.82. The van der Waals surface area contributed by atoms with Gasteiger partial charge in [-0.15, -0.1) is 0 Å². The lowest BCUT2D eigenvalue weighted by Crippen LogP contribution is -2.31. The van der Waals surface area contributed by atoms with Crippen LogP contribution in [0, 0.1) is 20.8 Å². The molecule has 0 spiro atoms. The summed E-state index contributed by atoms with van der Waals surface area (Å²) in [6.45, 7) is 6.19. The molecule has 0 saturated carbocycles. The third-order valence-corrected chi connectivity index (χ3v) is 4.82. The van der Waals surface area contributed by atoms with Crippen LogP contribution < -0.4 is 0 Å². The summed E-state index contributed by atoms with van der Waals surface area (Å²) in [6, 6.07) is 1.77. The first-order valence-electron chi connectivity index (χ1n) is 8.90. The van der Waals surface area contributed by atoms with Gasteiger partial charge in [0.05, 0.1) is 28.6 Å². The van der Waals surface area contributed by atoms with Crippen LogP contribution in [0.4, 0.5) is 0 Å². The Morgan fingerprint density at radius 1 is 1.19 bits per heavy atom. The van der Waals surface area contributed by atoms with Gasteiger partial charge in [-0.1, -0.05) is 5.16 Å². The van der Waals surface area contributed by atoms with Crippen LogP contribution in [0.15, 0.2) is 29.2 Å². The molecule has 0 bridgehead atoms. The summed E-state index contributed by atoms with van der Waals surface area (Å²) in [6.07, 6.45) is 6.66. The molecule has 0 aromatic carbocycles. The van der Waals surface area contributed by atoms with Crippen LogP contribution >= 0.6 is 0 Å². The molecule has 3 aromatic heterocycles. The fourth-order valence-electron chi connectivity index (χ4n) is 3.47. The molecule has 4 rings (SSSR count). The van der Waals surface area contributed by atoms with Crippen LogP contribution in [-0.2, 0) is 0 Å². The third kappa shape index (κ3) is 3.18. The maximum atomic E-state index is 12.9. The van der Waals surface area contributed by atoms with Crippen molar-refractivity contribution >= 4 is 5.91 Å².